The Morgan fingerprint density at radius 2 is 1.90 bits per heavy atom. The highest BCUT2D eigenvalue weighted by molar-refractivity contribution is 9.10. The minimum absolute atomic E-state index is 0.134. The second-order valence-corrected chi connectivity index (χ2v) is 5.18. The molecule has 8 heteroatoms. The lowest BCUT2D eigenvalue weighted by molar-refractivity contribution is 0.429. The lowest BCUT2D eigenvalue weighted by atomic mass is 10.1. The smallest absolute Gasteiger partial charge is 0.295 e. The van der Waals surface area contributed by atoms with Gasteiger partial charge in [-0.1, -0.05) is 21.1 Å². The summed E-state index contributed by atoms with van der Waals surface area (Å²) in [6.45, 7) is 4.03. The van der Waals surface area contributed by atoms with Gasteiger partial charge in [0, 0.05) is 10.0 Å². The van der Waals surface area contributed by atoms with Crippen LogP contribution in [-0.4, -0.2) is 25.3 Å². The van der Waals surface area contributed by atoms with Crippen molar-refractivity contribution in [3.8, 4) is 23.1 Å². The SMILES string of the molecule is Cc1cc(-c2noc(-c3nc(N)n[nH]3)n2)cc(C)c1Br. The zero-order valence-electron chi connectivity index (χ0n) is 10.8. The number of anilines is 1. The second kappa shape index (κ2) is 4.71. The molecule has 20 heavy (non-hydrogen) atoms. The molecule has 0 amide bonds. The van der Waals surface area contributed by atoms with Crippen LogP contribution in [-0.2, 0) is 0 Å². The van der Waals surface area contributed by atoms with Gasteiger partial charge in [-0.25, -0.2) is 0 Å². The second-order valence-electron chi connectivity index (χ2n) is 4.39. The summed E-state index contributed by atoms with van der Waals surface area (Å²) in [7, 11) is 0. The number of hydrogen-bond acceptors (Lipinski definition) is 6. The van der Waals surface area contributed by atoms with Gasteiger partial charge in [-0.3, -0.25) is 5.10 Å². The highest BCUT2D eigenvalue weighted by Gasteiger charge is 2.15. The molecule has 3 rings (SSSR count). The third-order valence-electron chi connectivity index (χ3n) is 2.83. The lowest BCUT2D eigenvalue weighted by Crippen LogP contribution is -1.88. The van der Waals surface area contributed by atoms with E-state index in [2.05, 4.69) is 41.3 Å². The van der Waals surface area contributed by atoms with Gasteiger partial charge in [-0.2, -0.15) is 9.97 Å². The van der Waals surface area contributed by atoms with Gasteiger partial charge in [0.2, 0.25) is 17.6 Å². The van der Waals surface area contributed by atoms with Gasteiger partial charge in [-0.05, 0) is 37.1 Å². The van der Waals surface area contributed by atoms with Gasteiger partial charge >= 0.3 is 0 Å². The van der Waals surface area contributed by atoms with Gasteiger partial charge in [0.25, 0.3) is 5.89 Å². The average Bonchev–Trinajstić information content (AvgIpc) is 3.03. The first-order valence-corrected chi connectivity index (χ1v) is 6.63. The molecule has 7 nitrogen and oxygen atoms in total. The van der Waals surface area contributed by atoms with Crippen LogP contribution in [0, 0.1) is 13.8 Å². The van der Waals surface area contributed by atoms with E-state index in [1.165, 1.54) is 0 Å². The molecule has 0 fully saturated rings. The lowest BCUT2D eigenvalue weighted by Gasteiger charge is -2.04. The zero-order valence-corrected chi connectivity index (χ0v) is 12.4. The van der Waals surface area contributed by atoms with E-state index in [0.29, 0.717) is 11.6 Å². The van der Waals surface area contributed by atoms with E-state index in [4.69, 9.17) is 10.3 Å². The van der Waals surface area contributed by atoms with E-state index < -0.39 is 0 Å². The number of H-pyrrole nitrogens is 1. The fourth-order valence-corrected chi connectivity index (χ4v) is 2.11. The molecule has 3 aromatic rings. The summed E-state index contributed by atoms with van der Waals surface area (Å²) < 4.78 is 6.24. The first-order chi connectivity index (χ1) is 9.54. The summed E-state index contributed by atoms with van der Waals surface area (Å²) in [5.41, 5.74) is 8.54. The molecular formula is C12H11BrN6O. The summed E-state index contributed by atoms with van der Waals surface area (Å²) in [4.78, 5) is 8.24. The predicted octanol–water partition coefficient (Wildman–Crippen LogP) is 2.48. The van der Waals surface area contributed by atoms with Gasteiger partial charge in [0.05, 0.1) is 0 Å². The highest BCUT2D eigenvalue weighted by Crippen LogP contribution is 2.28. The molecule has 0 unspecified atom stereocenters. The maximum atomic E-state index is 5.44. The first-order valence-electron chi connectivity index (χ1n) is 5.83. The minimum atomic E-state index is 0.134. The highest BCUT2D eigenvalue weighted by atomic mass is 79.9. The topological polar surface area (TPSA) is 107 Å². The number of benzene rings is 1. The van der Waals surface area contributed by atoms with Crippen molar-refractivity contribution in [2.45, 2.75) is 13.8 Å². The Bertz CT molecular complexity index is 755. The van der Waals surface area contributed by atoms with E-state index >= 15 is 0 Å². The van der Waals surface area contributed by atoms with Crippen molar-refractivity contribution in [3.63, 3.8) is 0 Å². The Labute approximate surface area is 122 Å². The number of halogens is 1. The maximum absolute atomic E-state index is 5.44. The van der Waals surface area contributed by atoms with Crippen LogP contribution in [0.2, 0.25) is 0 Å². The van der Waals surface area contributed by atoms with E-state index in [1.54, 1.807) is 0 Å². The van der Waals surface area contributed by atoms with Crippen LogP contribution in [0.3, 0.4) is 0 Å². The minimum Gasteiger partial charge on any atom is -0.366 e. The van der Waals surface area contributed by atoms with Crippen LogP contribution in [0.1, 0.15) is 11.1 Å². The Morgan fingerprint density at radius 3 is 2.50 bits per heavy atom. The number of nitrogens with two attached hydrogens (primary N) is 1. The largest absolute Gasteiger partial charge is 0.366 e. The molecule has 0 aliphatic carbocycles. The van der Waals surface area contributed by atoms with Crippen molar-refractivity contribution in [3.05, 3.63) is 27.7 Å². The van der Waals surface area contributed by atoms with Crippen LogP contribution < -0.4 is 5.73 Å². The molecule has 0 bridgehead atoms. The molecule has 3 N–H and O–H groups in total. The van der Waals surface area contributed by atoms with E-state index in [-0.39, 0.29) is 11.8 Å². The van der Waals surface area contributed by atoms with Crippen LogP contribution >= 0.6 is 15.9 Å². The Hall–Kier alpha value is -2.22. The molecular weight excluding hydrogens is 324 g/mol. The molecule has 0 spiro atoms. The molecule has 0 atom stereocenters. The fourth-order valence-electron chi connectivity index (χ4n) is 1.88. The van der Waals surface area contributed by atoms with Crippen molar-refractivity contribution in [1.29, 1.82) is 0 Å². The number of nitrogen functional groups attached to an aromatic ring is 1. The molecule has 0 aliphatic heterocycles. The molecule has 0 saturated heterocycles. The van der Waals surface area contributed by atoms with Gasteiger partial charge in [-0.15, -0.1) is 5.10 Å². The first kappa shape index (κ1) is 12.8. The molecule has 102 valence electrons. The number of hydrogen-bond donors (Lipinski definition) is 2. The number of aromatic amines is 1. The molecule has 2 aromatic heterocycles. The standard InChI is InChI=1S/C12H11BrN6O/c1-5-3-7(4-6(2)8(5)13)9-15-11(20-19-9)10-16-12(14)18-17-10/h3-4H,1-2H3,(H3,14,16,17,18). The summed E-state index contributed by atoms with van der Waals surface area (Å²) in [5, 5.41) is 10.3. The van der Waals surface area contributed by atoms with E-state index in [1.807, 2.05) is 26.0 Å². The average molecular weight is 335 g/mol. The molecule has 0 radical (unpaired) electrons. The molecule has 0 aliphatic rings. The normalized spacial score (nSPS) is 10.9. The third kappa shape index (κ3) is 2.18. The van der Waals surface area contributed by atoms with Crippen molar-refractivity contribution < 1.29 is 4.52 Å². The Kier molecular flexibility index (Phi) is 3.01. The number of rotatable bonds is 2. The van der Waals surface area contributed by atoms with Crippen LogP contribution in [0.4, 0.5) is 5.95 Å². The van der Waals surface area contributed by atoms with Crippen LogP contribution in [0.5, 0.6) is 0 Å². The molecule has 2 heterocycles. The molecule has 0 saturated carbocycles. The monoisotopic (exact) mass is 334 g/mol. The molecule has 1 aromatic carbocycles. The summed E-state index contributed by atoms with van der Waals surface area (Å²) in [6, 6.07) is 3.97. The summed E-state index contributed by atoms with van der Waals surface area (Å²) in [5.74, 6) is 1.23. The fraction of sp³-hybridized carbons (Fsp3) is 0.167. The van der Waals surface area contributed by atoms with Crippen molar-refractivity contribution >= 4 is 21.9 Å². The predicted molar refractivity (Wildman–Crippen MR) is 76.7 cm³/mol. The zero-order chi connectivity index (χ0) is 14.3. The van der Waals surface area contributed by atoms with E-state index in [9.17, 15) is 0 Å². The van der Waals surface area contributed by atoms with Crippen molar-refractivity contribution in [1.82, 2.24) is 25.3 Å². The van der Waals surface area contributed by atoms with Gasteiger partial charge in [0.15, 0.2) is 0 Å². The van der Waals surface area contributed by atoms with Crippen molar-refractivity contribution in [2.24, 2.45) is 0 Å². The maximum Gasteiger partial charge on any atom is 0.295 e. The Morgan fingerprint density at radius 1 is 1.20 bits per heavy atom. The Balaban J connectivity index is 2.02. The number of aryl methyl sites for hydroxylation is 2. The summed E-state index contributed by atoms with van der Waals surface area (Å²) in [6.07, 6.45) is 0. The summed E-state index contributed by atoms with van der Waals surface area (Å²) >= 11 is 3.53. The quantitative estimate of drug-likeness (QED) is 0.745. The number of nitrogens with zero attached hydrogens (tertiary/aromatic N) is 4. The van der Waals surface area contributed by atoms with Crippen LogP contribution in [0.15, 0.2) is 21.1 Å². The number of aromatic nitrogens is 5. The van der Waals surface area contributed by atoms with E-state index in [0.717, 1.165) is 21.2 Å². The van der Waals surface area contributed by atoms with Crippen molar-refractivity contribution in [2.75, 3.05) is 5.73 Å². The van der Waals surface area contributed by atoms with Gasteiger partial charge < -0.3 is 10.3 Å². The van der Waals surface area contributed by atoms with Crippen LogP contribution in [0.25, 0.3) is 23.1 Å². The third-order valence-corrected chi connectivity index (χ3v) is 4.08. The van der Waals surface area contributed by atoms with Gasteiger partial charge in [0.1, 0.15) is 0 Å². The number of nitrogens with one attached hydrogen (secondary N) is 1.